The molecule has 92 valence electrons. The topological polar surface area (TPSA) is 62.5 Å². The van der Waals surface area contributed by atoms with Gasteiger partial charge in [0.15, 0.2) is 0 Å². The molecule has 4 nitrogen and oxygen atoms in total. The van der Waals surface area contributed by atoms with Crippen LogP contribution in [0.4, 0.5) is 0 Å². The van der Waals surface area contributed by atoms with Gasteiger partial charge in [-0.3, -0.25) is 0 Å². The van der Waals surface area contributed by atoms with Crippen LogP contribution in [0.15, 0.2) is 18.2 Å². The van der Waals surface area contributed by atoms with E-state index in [1.807, 2.05) is 12.1 Å². The summed E-state index contributed by atoms with van der Waals surface area (Å²) < 4.78 is 10.4. The molecule has 1 aromatic carbocycles. The number of benzene rings is 1. The molecule has 0 aliphatic carbocycles. The molecule has 1 aromatic rings. The number of nitrogens with zero attached hydrogens (tertiary/aromatic N) is 1. The van der Waals surface area contributed by atoms with Gasteiger partial charge in [0.25, 0.3) is 0 Å². The van der Waals surface area contributed by atoms with Gasteiger partial charge in [-0.25, -0.2) is 0 Å². The van der Waals surface area contributed by atoms with Crippen molar-refractivity contribution in [2.45, 2.75) is 13.3 Å². The molecule has 1 unspecified atom stereocenters. The highest BCUT2D eigenvalue weighted by atomic mass is 16.5. The molecule has 0 fully saturated rings. The Bertz CT molecular complexity index is 425. The summed E-state index contributed by atoms with van der Waals surface area (Å²) >= 11 is 0. The van der Waals surface area contributed by atoms with Crippen LogP contribution >= 0.6 is 0 Å². The Labute approximate surface area is 101 Å². The third kappa shape index (κ3) is 3.11. The number of aliphatic hydroxyl groups is 1. The number of ether oxygens (including phenoxy) is 2. The minimum absolute atomic E-state index is 0.182. The van der Waals surface area contributed by atoms with Gasteiger partial charge >= 0.3 is 0 Å². The minimum atomic E-state index is -0.790. The van der Waals surface area contributed by atoms with Gasteiger partial charge in [-0.2, -0.15) is 5.26 Å². The number of methoxy groups -OCH3 is 2. The van der Waals surface area contributed by atoms with Crippen LogP contribution in [0.1, 0.15) is 12.5 Å². The highest BCUT2D eigenvalue weighted by molar-refractivity contribution is 5.41. The Kier molecular flexibility index (Phi) is 4.36. The molecule has 0 aliphatic heterocycles. The Morgan fingerprint density at radius 3 is 2.53 bits per heavy atom. The van der Waals surface area contributed by atoms with Crippen LogP contribution in [0.5, 0.6) is 11.5 Å². The van der Waals surface area contributed by atoms with Crippen molar-refractivity contribution in [2.24, 2.45) is 5.41 Å². The van der Waals surface area contributed by atoms with E-state index in [0.717, 1.165) is 5.56 Å². The molecule has 0 aliphatic rings. The summed E-state index contributed by atoms with van der Waals surface area (Å²) in [6.45, 7) is 1.54. The van der Waals surface area contributed by atoms with Crippen LogP contribution in [-0.4, -0.2) is 25.9 Å². The van der Waals surface area contributed by atoms with E-state index in [0.29, 0.717) is 17.9 Å². The van der Waals surface area contributed by atoms with Gasteiger partial charge in [-0.05, 0) is 25.0 Å². The first kappa shape index (κ1) is 13.3. The summed E-state index contributed by atoms with van der Waals surface area (Å²) in [5.74, 6) is 1.37. The Hall–Kier alpha value is -1.73. The van der Waals surface area contributed by atoms with Crippen molar-refractivity contribution in [3.8, 4) is 17.6 Å². The van der Waals surface area contributed by atoms with Crippen molar-refractivity contribution in [3.05, 3.63) is 23.8 Å². The van der Waals surface area contributed by atoms with Gasteiger partial charge in [0.05, 0.1) is 32.3 Å². The third-order valence-corrected chi connectivity index (χ3v) is 2.69. The summed E-state index contributed by atoms with van der Waals surface area (Å²) in [5.41, 5.74) is 0.0911. The maximum Gasteiger partial charge on any atom is 0.125 e. The highest BCUT2D eigenvalue weighted by Gasteiger charge is 2.25. The van der Waals surface area contributed by atoms with Crippen LogP contribution in [0.2, 0.25) is 0 Å². The summed E-state index contributed by atoms with van der Waals surface area (Å²) in [6.07, 6.45) is 0.438. The van der Waals surface area contributed by atoms with Gasteiger partial charge in [0.1, 0.15) is 11.5 Å². The average molecular weight is 235 g/mol. The van der Waals surface area contributed by atoms with Crippen molar-refractivity contribution in [3.63, 3.8) is 0 Å². The first-order valence-corrected chi connectivity index (χ1v) is 5.31. The zero-order valence-electron chi connectivity index (χ0n) is 10.4. The number of nitriles is 1. The fraction of sp³-hybridized carbons (Fsp3) is 0.462. The quantitative estimate of drug-likeness (QED) is 0.844. The van der Waals surface area contributed by atoms with E-state index >= 15 is 0 Å². The standard InChI is InChI=1S/C13H17NO3/c1-13(8-14,9-15)7-10-4-5-11(16-2)6-12(10)17-3/h4-6,15H,7,9H2,1-3H3. The molecule has 0 saturated heterocycles. The number of rotatable bonds is 5. The van der Waals surface area contributed by atoms with E-state index in [2.05, 4.69) is 6.07 Å². The SMILES string of the molecule is COc1ccc(CC(C)(C#N)CO)c(OC)c1. The molecular formula is C13H17NO3. The fourth-order valence-electron chi connectivity index (χ4n) is 1.55. The monoisotopic (exact) mass is 235 g/mol. The van der Waals surface area contributed by atoms with Crippen molar-refractivity contribution < 1.29 is 14.6 Å². The van der Waals surface area contributed by atoms with E-state index in [9.17, 15) is 5.11 Å². The molecule has 0 amide bonds. The van der Waals surface area contributed by atoms with Gasteiger partial charge in [0, 0.05) is 6.07 Å². The molecular weight excluding hydrogens is 218 g/mol. The predicted octanol–water partition coefficient (Wildman–Crippen LogP) is 1.77. The van der Waals surface area contributed by atoms with E-state index in [1.54, 1.807) is 27.2 Å². The fourth-order valence-corrected chi connectivity index (χ4v) is 1.55. The lowest BCUT2D eigenvalue weighted by Gasteiger charge is -2.20. The molecule has 0 aromatic heterocycles. The number of aliphatic hydroxyl groups excluding tert-OH is 1. The zero-order chi connectivity index (χ0) is 12.9. The van der Waals surface area contributed by atoms with E-state index in [1.165, 1.54) is 0 Å². The van der Waals surface area contributed by atoms with Crippen molar-refractivity contribution in [1.29, 1.82) is 5.26 Å². The second-order valence-corrected chi connectivity index (χ2v) is 4.19. The average Bonchev–Trinajstić information content (AvgIpc) is 2.39. The zero-order valence-corrected chi connectivity index (χ0v) is 10.4. The lowest BCUT2D eigenvalue weighted by Crippen LogP contribution is -2.22. The Balaban J connectivity index is 3.03. The van der Waals surface area contributed by atoms with Crippen molar-refractivity contribution in [1.82, 2.24) is 0 Å². The summed E-state index contributed by atoms with van der Waals surface area (Å²) in [7, 11) is 3.16. The maximum absolute atomic E-state index is 9.22. The van der Waals surface area contributed by atoms with Crippen LogP contribution in [0, 0.1) is 16.7 Å². The minimum Gasteiger partial charge on any atom is -0.497 e. The summed E-state index contributed by atoms with van der Waals surface area (Å²) in [6, 6.07) is 7.55. The molecule has 0 spiro atoms. The Morgan fingerprint density at radius 2 is 2.06 bits per heavy atom. The van der Waals surface area contributed by atoms with Crippen molar-refractivity contribution >= 4 is 0 Å². The smallest absolute Gasteiger partial charge is 0.125 e. The van der Waals surface area contributed by atoms with Gasteiger partial charge in [0.2, 0.25) is 0 Å². The lowest BCUT2D eigenvalue weighted by molar-refractivity contribution is 0.189. The highest BCUT2D eigenvalue weighted by Crippen LogP contribution is 2.30. The van der Waals surface area contributed by atoms with Crippen LogP contribution in [0.3, 0.4) is 0 Å². The van der Waals surface area contributed by atoms with Gasteiger partial charge < -0.3 is 14.6 Å². The summed E-state index contributed by atoms with van der Waals surface area (Å²) in [4.78, 5) is 0. The van der Waals surface area contributed by atoms with Crippen LogP contribution in [-0.2, 0) is 6.42 Å². The van der Waals surface area contributed by atoms with Gasteiger partial charge in [-0.1, -0.05) is 6.07 Å². The van der Waals surface area contributed by atoms with E-state index < -0.39 is 5.41 Å². The van der Waals surface area contributed by atoms with E-state index in [-0.39, 0.29) is 6.61 Å². The first-order chi connectivity index (χ1) is 8.08. The molecule has 4 heteroatoms. The second kappa shape index (κ2) is 5.55. The van der Waals surface area contributed by atoms with Crippen LogP contribution in [0.25, 0.3) is 0 Å². The second-order valence-electron chi connectivity index (χ2n) is 4.19. The number of hydrogen-bond donors (Lipinski definition) is 1. The molecule has 1 atom stereocenters. The molecule has 0 saturated carbocycles. The molecule has 0 radical (unpaired) electrons. The molecule has 17 heavy (non-hydrogen) atoms. The normalized spacial score (nSPS) is 13.6. The molecule has 1 rings (SSSR count). The lowest BCUT2D eigenvalue weighted by atomic mass is 9.86. The maximum atomic E-state index is 9.22. The Morgan fingerprint density at radius 1 is 1.35 bits per heavy atom. The third-order valence-electron chi connectivity index (χ3n) is 2.69. The molecule has 0 heterocycles. The first-order valence-electron chi connectivity index (χ1n) is 5.31. The van der Waals surface area contributed by atoms with Crippen molar-refractivity contribution in [2.75, 3.05) is 20.8 Å². The largest absolute Gasteiger partial charge is 0.497 e. The summed E-state index contributed by atoms with van der Waals surface area (Å²) in [5, 5.41) is 18.3. The predicted molar refractivity (Wildman–Crippen MR) is 64.1 cm³/mol. The number of hydrogen-bond acceptors (Lipinski definition) is 4. The van der Waals surface area contributed by atoms with E-state index in [4.69, 9.17) is 14.7 Å². The molecule has 0 bridgehead atoms. The van der Waals surface area contributed by atoms with Gasteiger partial charge in [-0.15, -0.1) is 0 Å². The molecule has 1 N–H and O–H groups in total. The van der Waals surface area contributed by atoms with Crippen LogP contribution < -0.4 is 9.47 Å².